The summed E-state index contributed by atoms with van der Waals surface area (Å²) in [5.41, 5.74) is 1.86. The van der Waals surface area contributed by atoms with Crippen molar-refractivity contribution in [2.75, 3.05) is 11.5 Å². The van der Waals surface area contributed by atoms with Gasteiger partial charge < -0.3 is 9.15 Å². The molecule has 0 spiro atoms. The molecule has 208 valence electrons. The van der Waals surface area contributed by atoms with Crippen molar-refractivity contribution in [2.24, 2.45) is 0 Å². The Morgan fingerprint density at radius 3 is 2.57 bits per heavy atom. The van der Waals surface area contributed by atoms with Gasteiger partial charge in [-0.3, -0.25) is 14.4 Å². The number of ketones is 1. The standard InChI is InChI=1S/C30H19ClN4O6S/c31-21-7-3-2-6-20(21)23(36)16-40-29(39)17-9-11-19(12-10-17)35-27(37)14-26(28(35)38)42-30-33-22(15-32-34-30)25-13-18-5-1-4-8-24(18)41-25/h1-13,15,26H,14,16H2. The third-order valence-corrected chi connectivity index (χ3v) is 7.81. The van der Waals surface area contributed by atoms with E-state index in [4.69, 9.17) is 20.8 Å². The Kier molecular flexibility index (Phi) is 7.51. The summed E-state index contributed by atoms with van der Waals surface area (Å²) in [6.07, 6.45) is 1.41. The third-order valence-electron chi connectivity index (χ3n) is 6.44. The average molecular weight is 599 g/mol. The van der Waals surface area contributed by atoms with Gasteiger partial charge in [0.1, 0.15) is 16.5 Å². The average Bonchev–Trinajstić information content (AvgIpc) is 3.56. The van der Waals surface area contributed by atoms with E-state index < -0.39 is 35.4 Å². The van der Waals surface area contributed by atoms with Crippen molar-refractivity contribution < 1.29 is 28.3 Å². The molecule has 3 heterocycles. The number of hydrogen-bond donors (Lipinski definition) is 0. The fourth-order valence-electron chi connectivity index (χ4n) is 4.38. The topological polar surface area (TPSA) is 133 Å². The number of Topliss-reactive ketones (excluding diaryl/α,β-unsaturated/α-hetero) is 1. The molecule has 0 bridgehead atoms. The SMILES string of the molecule is O=C(OCC(=O)c1ccccc1Cl)c1ccc(N2C(=O)CC(Sc3nncc(-c4cc5ccccc5o4)n3)C2=O)cc1. The van der Waals surface area contributed by atoms with Crippen molar-refractivity contribution in [3.63, 3.8) is 0 Å². The number of carbonyl (C=O) groups excluding carboxylic acids is 4. The van der Waals surface area contributed by atoms with Gasteiger partial charge in [0.15, 0.2) is 12.4 Å². The first-order valence-electron chi connectivity index (χ1n) is 12.6. The van der Waals surface area contributed by atoms with E-state index in [1.54, 1.807) is 24.3 Å². The third kappa shape index (κ3) is 5.52. The van der Waals surface area contributed by atoms with Crippen LogP contribution in [0.3, 0.4) is 0 Å². The van der Waals surface area contributed by atoms with E-state index in [0.29, 0.717) is 22.7 Å². The number of thioether (sulfide) groups is 1. The van der Waals surface area contributed by atoms with Crippen molar-refractivity contribution in [1.29, 1.82) is 0 Å². The highest BCUT2D eigenvalue weighted by molar-refractivity contribution is 8.00. The number of furan rings is 1. The molecule has 1 unspecified atom stereocenters. The van der Waals surface area contributed by atoms with E-state index >= 15 is 0 Å². The predicted molar refractivity (Wildman–Crippen MR) is 154 cm³/mol. The molecule has 2 amide bonds. The van der Waals surface area contributed by atoms with E-state index in [2.05, 4.69) is 15.2 Å². The van der Waals surface area contributed by atoms with Crippen LogP contribution in [0.15, 0.2) is 94.6 Å². The van der Waals surface area contributed by atoms with Gasteiger partial charge >= 0.3 is 5.97 Å². The summed E-state index contributed by atoms with van der Waals surface area (Å²) in [5.74, 6) is -1.51. The van der Waals surface area contributed by atoms with E-state index in [1.807, 2.05) is 30.3 Å². The Bertz CT molecular complexity index is 1830. The second-order valence-corrected chi connectivity index (χ2v) is 10.8. The number of ether oxygens (including phenoxy) is 1. The molecule has 12 heteroatoms. The lowest BCUT2D eigenvalue weighted by molar-refractivity contribution is -0.121. The number of anilines is 1. The van der Waals surface area contributed by atoms with Crippen LogP contribution in [0.4, 0.5) is 5.69 Å². The molecule has 0 N–H and O–H groups in total. The molecule has 3 aromatic carbocycles. The summed E-state index contributed by atoms with van der Waals surface area (Å²) in [6, 6.07) is 21.6. The maximum Gasteiger partial charge on any atom is 0.338 e. The molecular weight excluding hydrogens is 580 g/mol. The number of carbonyl (C=O) groups is 4. The van der Waals surface area contributed by atoms with Crippen LogP contribution in [-0.2, 0) is 14.3 Å². The van der Waals surface area contributed by atoms with Crippen molar-refractivity contribution in [1.82, 2.24) is 15.2 Å². The van der Waals surface area contributed by atoms with Gasteiger partial charge in [-0.25, -0.2) is 14.7 Å². The van der Waals surface area contributed by atoms with Gasteiger partial charge in [0.25, 0.3) is 0 Å². The molecule has 0 aliphatic carbocycles. The summed E-state index contributed by atoms with van der Waals surface area (Å²) < 4.78 is 11.0. The molecule has 10 nitrogen and oxygen atoms in total. The number of amides is 2. The van der Waals surface area contributed by atoms with Crippen LogP contribution in [0.2, 0.25) is 5.02 Å². The van der Waals surface area contributed by atoms with Crippen LogP contribution < -0.4 is 4.90 Å². The van der Waals surface area contributed by atoms with Crippen molar-refractivity contribution in [3.05, 3.63) is 101 Å². The lowest BCUT2D eigenvalue weighted by Gasteiger charge is -2.15. The zero-order chi connectivity index (χ0) is 29.2. The zero-order valence-electron chi connectivity index (χ0n) is 21.6. The van der Waals surface area contributed by atoms with Gasteiger partial charge in [0, 0.05) is 17.4 Å². The van der Waals surface area contributed by atoms with Crippen molar-refractivity contribution >= 4 is 63.6 Å². The molecule has 0 radical (unpaired) electrons. The first-order valence-corrected chi connectivity index (χ1v) is 13.9. The summed E-state index contributed by atoms with van der Waals surface area (Å²) in [7, 11) is 0. The Morgan fingerprint density at radius 2 is 1.79 bits per heavy atom. The number of aromatic nitrogens is 3. The fourth-order valence-corrected chi connectivity index (χ4v) is 5.56. The Balaban J connectivity index is 1.10. The predicted octanol–water partition coefficient (Wildman–Crippen LogP) is 5.40. The number of benzene rings is 3. The number of nitrogens with zero attached hydrogens (tertiary/aromatic N) is 4. The van der Waals surface area contributed by atoms with E-state index in [9.17, 15) is 19.2 Å². The number of rotatable bonds is 8. The lowest BCUT2D eigenvalue weighted by Crippen LogP contribution is -2.31. The lowest BCUT2D eigenvalue weighted by atomic mass is 10.1. The van der Waals surface area contributed by atoms with Crippen molar-refractivity contribution in [2.45, 2.75) is 16.8 Å². The number of imide groups is 1. The van der Waals surface area contributed by atoms with Crippen LogP contribution >= 0.6 is 23.4 Å². The minimum Gasteiger partial charge on any atom is -0.454 e. The van der Waals surface area contributed by atoms with E-state index in [0.717, 1.165) is 22.0 Å². The Labute approximate surface area is 247 Å². The molecule has 1 aliphatic rings. The van der Waals surface area contributed by atoms with Gasteiger partial charge in [0.2, 0.25) is 22.8 Å². The van der Waals surface area contributed by atoms with Gasteiger partial charge in [0.05, 0.1) is 22.5 Å². The molecule has 1 aliphatic heterocycles. The molecule has 5 aromatic rings. The second-order valence-electron chi connectivity index (χ2n) is 9.18. The van der Waals surface area contributed by atoms with Crippen LogP contribution in [0, 0.1) is 0 Å². The maximum atomic E-state index is 13.2. The Hall–Kier alpha value is -4.87. The van der Waals surface area contributed by atoms with Gasteiger partial charge in [-0.15, -0.1) is 5.10 Å². The highest BCUT2D eigenvalue weighted by Crippen LogP contribution is 2.34. The molecule has 1 atom stereocenters. The molecule has 1 saturated heterocycles. The minimum atomic E-state index is -0.759. The van der Waals surface area contributed by atoms with Crippen LogP contribution in [0.5, 0.6) is 0 Å². The van der Waals surface area contributed by atoms with Gasteiger partial charge in [-0.1, -0.05) is 53.7 Å². The number of halogens is 1. The van der Waals surface area contributed by atoms with E-state index in [-0.39, 0.29) is 27.7 Å². The second kappa shape index (κ2) is 11.6. The summed E-state index contributed by atoms with van der Waals surface area (Å²) >= 11 is 7.06. The largest absolute Gasteiger partial charge is 0.454 e. The fraction of sp³-hybridized carbons (Fsp3) is 0.100. The quantitative estimate of drug-likeness (QED) is 0.130. The number of para-hydroxylation sites is 1. The van der Waals surface area contributed by atoms with Crippen LogP contribution in [0.1, 0.15) is 27.1 Å². The molecular formula is C30H19ClN4O6S. The first-order chi connectivity index (χ1) is 20.4. The van der Waals surface area contributed by atoms with Crippen molar-refractivity contribution in [3.8, 4) is 11.5 Å². The minimum absolute atomic E-state index is 0.0598. The highest BCUT2D eigenvalue weighted by Gasteiger charge is 2.41. The monoisotopic (exact) mass is 598 g/mol. The van der Waals surface area contributed by atoms with Crippen LogP contribution in [-0.4, -0.2) is 50.6 Å². The van der Waals surface area contributed by atoms with Gasteiger partial charge in [-0.2, -0.15) is 5.10 Å². The highest BCUT2D eigenvalue weighted by atomic mass is 35.5. The molecule has 0 saturated carbocycles. The number of fused-ring (bicyclic) bond motifs is 1. The summed E-state index contributed by atoms with van der Waals surface area (Å²) in [4.78, 5) is 56.4. The summed E-state index contributed by atoms with van der Waals surface area (Å²) in [5, 5.41) is 8.66. The Morgan fingerprint density at radius 1 is 1.02 bits per heavy atom. The maximum absolute atomic E-state index is 13.2. The van der Waals surface area contributed by atoms with Gasteiger partial charge in [-0.05, 0) is 48.5 Å². The smallest absolute Gasteiger partial charge is 0.338 e. The number of hydrogen-bond acceptors (Lipinski definition) is 10. The molecule has 6 rings (SSSR count). The zero-order valence-corrected chi connectivity index (χ0v) is 23.2. The summed E-state index contributed by atoms with van der Waals surface area (Å²) in [6.45, 7) is -0.485. The normalized spacial score (nSPS) is 14.9. The first kappa shape index (κ1) is 27.3. The van der Waals surface area contributed by atoms with E-state index in [1.165, 1.54) is 30.5 Å². The number of esters is 1. The molecule has 42 heavy (non-hydrogen) atoms. The molecule has 1 fully saturated rings. The van der Waals surface area contributed by atoms with Crippen LogP contribution in [0.25, 0.3) is 22.4 Å². The molecule has 2 aromatic heterocycles.